The summed E-state index contributed by atoms with van der Waals surface area (Å²) in [5.41, 5.74) is 7.28. The molecule has 1 aromatic carbocycles. The van der Waals surface area contributed by atoms with Gasteiger partial charge in [-0.3, -0.25) is 14.5 Å². The summed E-state index contributed by atoms with van der Waals surface area (Å²) in [4.78, 5) is 10.8. The van der Waals surface area contributed by atoms with E-state index in [2.05, 4.69) is 10.2 Å². The molecule has 0 unspecified atom stereocenters. The highest BCUT2D eigenvalue weighted by Gasteiger charge is 2.09. The number of carbonyl (C=O) groups excluding carboxylic acids is 1. The van der Waals surface area contributed by atoms with Crippen molar-refractivity contribution < 1.29 is 4.79 Å². The zero-order chi connectivity index (χ0) is 13.1. The second kappa shape index (κ2) is 5.14. The topological polar surface area (TPSA) is 76.7 Å². The molecule has 2 rings (SSSR count). The number of rotatable bonds is 4. The van der Waals surface area contributed by atoms with Crippen LogP contribution in [0.5, 0.6) is 0 Å². The fourth-order valence-electron chi connectivity index (χ4n) is 1.67. The number of primary amides is 1. The molecule has 0 saturated heterocycles. The van der Waals surface area contributed by atoms with Crippen molar-refractivity contribution >= 4 is 18.1 Å². The summed E-state index contributed by atoms with van der Waals surface area (Å²) in [6.45, 7) is 2.46. The SMILES string of the molecule is Cc1ccc(-c2n[nH]c(=S)n2CCC(N)=O)cc1. The van der Waals surface area contributed by atoms with Crippen molar-refractivity contribution in [1.82, 2.24) is 14.8 Å². The highest BCUT2D eigenvalue weighted by atomic mass is 32.1. The monoisotopic (exact) mass is 262 g/mol. The van der Waals surface area contributed by atoms with E-state index >= 15 is 0 Å². The average molecular weight is 262 g/mol. The van der Waals surface area contributed by atoms with Gasteiger partial charge < -0.3 is 5.73 Å². The number of carbonyl (C=O) groups is 1. The van der Waals surface area contributed by atoms with Gasteiger partial charge in [-0.05, 0) is 19.1 Å². The van der Waals surface area contributed by atoms with Crippen LogP contribution in [0.2, 0.25) is 0 Å². The van der Waals surface area contributed by atoms with Crippen LogP contribution >= 0.6 is 12.2 Å². The van der Waals surface area contributed by atoms with Gasteiger partial charge in [-0.2, -0.15) is 5.10 Å². The van der Waals surface area contributed by atoms with Crippen molar-refractivity contribution in [1.29, 1.82) is 0 Å². The van der Waals surface area contributed by atoms with Gasteiger partial charge in [0, 0.05) is 18.5 Å². The van der Waals surface area contributed by atoms with Crippen molar-refractivity contribution in [2.24, 2.45) is 5.73 Å². The predicted molar refractivity (Wildman–Crippen MR) is 71.4 cm³/mol. The third kappa shape index (κ3) is 2.65. The molecule has 0 saturated carbocycles. The maximum absolute atomic E-state index is 10.8. The molecule has 1 amide bonds. The van der Waals surface area contributed by atoms with Crippen LogP contribution in [0.4, 0.5) is 0 Å². The van der Waals surface area contributed by atoms with Gasteiger partial charge in [-0.25, -0.2) is 0 Å². The molecular weight excluding hydrogens is 248 g/mol. The molecule has 0 atom stereocenters. The van der Waals surface area contributed by atoms with Crippen molar-refractivity contribution in [3.05, 3.63) is 34.6 Å². The van der Waals surface area contributed by atoms with Gasteiger partial charge in [-0.1, -0.05) is 29.8 Å². The number of nitrogens with zero attached hydrogens (tertiary/aromatic N) is 2. The first-order valence-electron chi connectivity index (χ1n) is 5.58. The Morgan fingerprint density at radius 2 is 2.11 bits per heavy atom. The van der Waals surface area contributed by atoms with E-state index in [0.717, 1.165) is 11.4 Å². The maximum Gasteiger partial charge on any atom is 0.219 e. The highest BCUT2D eigenvalue weighted by Crippen LogP contribution is 2.18. The van der Waals surface area contributed by atoms with Crippen molar-refractivity contribution in [2.45, 2.75) is 19.9 Å². The Balaban J connectivity index is 2.36. The Labute approximate surface area is 110 Å². The van der Waals surface area contributed by atoms with Crippen LogP contribution in [0.1, 0.15) is 12.0 Å². The molecule has 0 aliphatic heterocycles. The number of nitrogens with two attached hydrogens (primary N) is 1. The summed E-state index contributed by atoms with van der Waals surface area (Å²) >= 11 is 5.14. The molecule has 5 nitrogen and oxygen atoms in total. The lowest BCUT2D eigenvalue weighted by Gasteiger charge is -2.05. The molecule has 1 heterocycles. The summed E-state index contributed by atoms with van der Waals surface area (Å²) in [7, 11) is 0. The lowest BCUT2D eigenvalue weighted by atomic mass is 10.1. The number of hydrogen-bond donors (Lipinski definition) is 2. The number of nitrogens with one attached hydrogen (secondary N) is 1. The Hall–Kier alpha value is -1.95. The number of amides is 1. The number of hydrogen-bond acceptors (Lipinski definition) is 3. The number of aromatic nitrogens is 3. The zero-order valence-corrected chi connectivity index (χ0v) is 10.8. The minimum atomic E-state index is -0.354. The van der Waals surface area contributed by atoms with Gasteiger partial charge in [0.25, 0.3) is 0 Å². The lowest BCUT2D eigenvalue weighted by Crippen LogP contribution is -2.14. The maximum atomic E-state index is 10.8. The van der Waals surface area contributed by atoms with E-state index in [-0.39, 0.29) is 12.3 Å². The summed E-state index contributed by atoms with van der Waals surface area (Å²) in [5, 5.41) is 6.92. The number of aromatic amines is 1. The van der Waals surface area contributed by atoms with Gasteiger partial charge in [0.1, 0.15) is 0 Å². The highest BCUT2D eigenvalue weighted by molar-refractivity contribution is 7.71. The fraction of sp³-hybridized carbons (Fsp3) is 0.250. The molecule has 2 aromatic rings. The normalized spacial score (nSPS) is 10.5. The molecule has 0 aliphatic rings. The lowest BCUT2D eigenvalue weighted by molar-refractivity contribution is -0.118. The standard InChI is InChI=1S/C12H14N4OS/c1-8-2-4-9(5-3-8)11-14-15-12(18)16(11)7-6-10(13)17/h2-5H,6-7H2,1H3,(H2,13,17)(H,15,18). The minimum Gasteiger partial charge on any atom is -0.370 e. The third-order valence-corrected chi connectivity index (χ3v) is 2.96. The van der Waals surface area contributed by atoms with Gasteiger partial charge in [0.05, 0.1) is 0 Å². The van der Waals surface area contributed by atoms with Crippen LogP contribution in [0.3, 0.4) is 0 Å². The molecule has 0 radical (unpaired) electrons. The summed E-state index contributed by atoms with van der Waals surface area (Å²) in [5.74, 6) is 0.370. The molecule has 1 aromatic heterocycles. The van der Waals surface area contributed by atoms with Gasteiger partial charge >= 0.3 is 0 Å². The molecule has 0 spiro atoms. The molecule has 6 heteroatoms. The van der Waals surface area contributed by atoms with Crippen LogP contribution in [0, 0.1) is 11.7 Å². The van der Waals surface area contributed by atoms with E-state index in [9.17, 15) is 4.79 Å². The third-order valence-electron chi connectivity index (χ3n) is 2.65. The van der Waals surface area contributed by atoms with Crippen LogP contribution in [-0.4, -0.2) is 20.7 Å². The number of H-pyrrole nitrogens is 1. The van der Waals surface area contributed by atoms with Crippen LogP contribution < -0.4 is 5.73 Å². The Morgan fingerprint density at radius 3 is 2.72 bits per heavy atom. The summed E-state index contributed by atoms with van der Waals surface area (Å²) in [6.07, 6.45) is 0.243. The van der Waals surface area contributed by atoms with Crippen molar-refractivity contribution in [3.8, 4) is 11.4 Å². The molecule has 18 heavy (non-hydrogen) atoms. The van der Waals surface area contributed by atoms with E-state index < -0.39 is 0 Å². The largest absolute Gasteiger partial charge is 0.370 e. The van der Waals surface area contributed by atoms with Gasteiger partial charge in [0.2, 0.25) is 5.91 Å². The second-order valence-corrected chi connectivity index (χ2v) is 4.47. The van der Waals surface area contributed by atoms with E-state index in [1.54, 1.807) is 4.57 Å². The average Bonchev–Trinajstić information content (AvgIpc) is 2.69. The first kappa shape index (κ1) is 12.5. The summed E-state index contributed by atoms with van der Waals surface area (Å²) < 4.78 is 2.27. The van der Waals surface area contributed by atoms with Gasteiger partial charge in [-0.15, -0.1) is 0 Å². The quantitative estimate of drug-likeness (QED) is 0.825. The van der Waals surface area contributed by atoms with E-state index in [4.69, 9.17) is 18.0 Å². The Kier molecular flexibility index (Phi) is 3.57. The van der Waals surface area contributed by atoms with Crippen LogP contribution in [0.15, 0.2) is 24.3 Å². The molecule has 0 bridgehead atoms. The molecule has 3 N–H and O–H groups in total. The van der Waals surface area contributed by atoms with E-state index in [1.807, 2.05) is 31.2 Å². The molecule has 0 aliphatic carbocycles. The molecule has 0 fully saturated rings. The van der Waals surface area contributed by atoms with Crippen LogP contribution in [0.25, 0.3) is 11.4 Å². The molecular formula is C12H14N4OS. The first-order chi connectivity index (χ1) is 8.58. The second-order valence-electron chi connectivity index (χ2n) is 4.09. The Bertz CT molecular complexity index is 612. The predicted octanol–water partition coefficient (Wildman–Crippen LogP) is 1.79. The van der Waals surface area contributed by atoms with Gasteiger partial charge in [0.15, 0.2) is 10.6 Å². The van der Waals surface area contributed by atoms with Crippen LogP contribution in [-0.2, 0) is 11.3 Å². The van der Waals surface area contributed by atoms with Crippen molar-refractivity contribution in [2.75, 3.05) is 0 Å². The Morgan fingerprint density at radius 1 is 1.44 bits per heavy atom. The smallest absolute Gasteiger partial charge is 0.219 e. The zero-order valence-electron chi connectivity index (χ0n) is 10.0. The summed E-state index contributed by atoms with van der Waals surface area (Å²) in [6, 6.07) is 7.96. The van der Waals surface area contributed by atoms with Crippen molar-refractivity contribution in [3.63, 3.8) is 0 Å². The van der Waals surface area contributed by atoms with E-state index in [0.29, 0.717) is 11.3 Å². The fourth-order valence-corrected chi connectivity index (χ4v) is 1.89. The number of aryl methyl sites for hydroxylation is 1. The first-order valence-corrected chi connectivity index (χ1v) is 5.99. The number of benzene rings is 1. The minimum absolute atomic E-state index is 0.243. The molecule has 94 valence electrons. The van der Waals surface area contributed by atoms with E-state index in [1.165, 1.54) is 5.56 Å².